The predicted molar refractivity (Wildman–Crippen MR) is 117 cm³/mol. The largest absolute Gasteiger partial charge is 0.370 e. The van der Waals surface area contributed by atoms with Gasteiger partial charge in [0.2, 0.25) is 17.7 Å². The summed E-state index contributed by atoms with van der Waals surface area (Å²) in [6, 6.07) is 3.31. The van der Waals surface area contributed by atoms with Gasteiger partial charge in [-0.05, 0) is 54.9 Å². The Morgan fingerprint density at radius 3 is 2.55 bits per heavy atom. The second-order valence-corrected chi connectivity index (χ2v) is 9.84. The van der Waals surface area contributed by atoms with Gasteiger partial charge in [0.15, 0.2) is 0 Å². The lowest BCUT2D eigenvalue weighted by atomic mass is 9.45. The number of hydrogen-bond donors (Lipinski definition) is 3. The van der Waals surface area contributed by atoms with E-state index in [0.29, 0.717) is 29.6 Å². The second-order valence-electron chi connectivity index (χ2n) is 9.84. The summed E-state index contributed by atoms with van der Waals surface area (Å²) in [5.74, 6) is -0.503. The third-order valence-corrected chi connectivity index (χ3v) is 7.70. The predicted octanol–water partition coefficient (Wildman–Crippen LogP) is 1.26. The van der Waals surface area contributed by atoms with Gasteiger partial charge in [-0.3, -0.25) is 19.2 Å². The van der Waals surface area contributed by atoms with Crippen molar-refractivity contribution in [3.8, 4) is 0 Å². The van der Waals surface area contributed by atoms with E-state index in [0.717, 1.165) is 6.42 Å². The van der Waals surface area contributed by atoms with Crippen molar-refractivity contribution in [2.45, 2.75) is 71.4 Å². The Morgan fingerprint density at radius 2 is 1.97 bits per heavy atom. The van der Waals surface area contributed by atoms with Crippen molar-refractivity contribution >= 4 is 17.7 Å². The topological polar surface area (TPSA) is 137 Å². The molecule has 8 nitrogen and oxygen atoms in total. The maximum atomic E-state index is 12.9. The van der Waals surface area contributed by atoms with Crippen LogP contribution < -0.4 is 22.3 Å². The average Bonchev–Trinajstić information content (AvgIpc) is 2.68. The number of aromatic nitrogens is 1. The van der Waals surface area contributed by atoms with Crippen LogP contribution in [0.4, 0.5) is 0 Å². The zero-order valence-corrected chi connectivity index (χ0v) is 18.6. The number of primary amides is 2. The first-order chi connectivity index (χ1) is 14.5. The maximum absolute atomic E-state index is 12.9. The molecule has 3 amide bonds. The first-order valence-corrected chi connectivity index (χ1v) is 11.1. The normalized spacial score (nSPS) is 27.1. The lowest BCUT2D eigenvalue weighted by Gasteiger charge is -2.62. The van der Waals surface area contributed by atoms with Crippen molar-refractivity contribution in [3.05, 3.63) is 34.2 Å². The first-order valence-electron chi connectivity index (χ1n) is 11.1. The molecule has 31 heavy (non-hydrogen) atoms. The Kier molecular flexibility index (Phi) is 6.57. The van der Waals surface area contributed by atoms with Crippen LogP contribution in [0.15, 0.2) is 23.1 Å². The molecule has 2 bridgehead atoms. The molecule has 4 rings (SSSR count). The number of hydrogen-bond acceptors (Lipinski definition) is 4. The molecule has 1 unspecified atom stereocenters. The molecule has 3 aliphatic carbocycles. The summed E-state index contributed by atoms with van der Waals surface area (Å²) in [5, 5.41) is 3.12. The minimum atomic E-state index is -0.824. The monoisotopic (exact) mass is 430 g/mol. The number of nitrogens with zero attached hydrogens (tertiary/aromatic N) is 1. The zero-order valence-electron chi connectivity index (χ0n) is 18.6. The fraction of sp³-hybridized carbons (Fsp3) is 0.652. The summed E-state index contributed by atoms with van der Waals surface area (Å²) in [7, 11) is 0. The second kappa shape index (κ2) is 8.85. The van der Waals surface area contributed by atoms with Gasteiger partial charge in [-0.25, -0.2) is 0 Å². The fourth-order valence-corrected chi connectivity index (χ4v) is 5.62. The number of amides is 3. The summed E-state index contributed by atoms with van der Waals surface area (Å²) in [6.45, 7) is 6.71. The molecule has 3 fully saturated rings. The van der Waals surface area contributed by atoms with Gasteiger partial charge in [0.1, 0.15) is 6.54 Å². The van der Waals surface area contributed by atoms with E-state index in [4.69, 9.17) is 11.5 Å². The van der Waals surface area contributed by atoms with Crippen LogP contribution in [0.5, 0.6) is 0 Å². The average molecular weight is 431 g/mol. The van der Waals surface area contributed by atoms with Crippen LogP contribution in [0.25, 0.3) is 0 Å². The molecule has 0 spiro atoms. The molecule has 0 radical (unpaired) electrons. The van der Waals surface area contributed by atoms with Gasteiger partial charge < -0.3 is 21.4 Å². The van der Waals surface area contributed by atoms with Gasteiger partial charge in [-0.1, -0.05) is 26.8 Å². The van der Waals surface area contributed by atoms with Gasteiger partial charge >= 0.3 is 0 Å². The molecular formula is C23H34N4O4. The smallest absolute Gasteiger partial charge is 0.255 e. The minimum Gasteiger partial charge on any atom is -0.370 e. The van der Waals surface area contributed by atoms with E-state index < -0.39 is 23.3 Å². The number of rotatable bonds is 9. The Labute approximate surface area is 182 Å². The lowest BCUT2D eigenvalue weighted by Crippen LogP contribution is -2.61. The molecule has 1 aromatic heterocycles. The Morgan fingerprint density at radius 1 is 1.26 bits per heavy atom. The number of fused-ring (bicyclic) bond motifs is 2. The molecule has 170 valence electrons. The summed E-state index contributed by atoms with van der Waals surface area (Å²) < 4.78 is 1.31. The van der Waals surface area contributed by atoms with E-state index in [1.54, 1.807) is 12.1 Å². The van der Waals surface area contributed by atoms with Crippen LogP contribution in [0.3, 0.4) is 0 Å². The Balaban J connectivity index is 1.67. The van der Waals surface area contributed by atoms with Crippen LogP contribution in [-0.4, -0.2) is 28.3 Å². The van der Waals surface area contributed by atoms with E-state index in [-0.39, 0.29) is 36.9 Å². The van der Waals surface area contributed by atoms with Gasteiger partial charge in [0.25, 0.3) is 5.56 Å². The van der Waals surface area contributed by atoms with Crippen molar-refractivity contribution in [2.75, 3.05) is 0 Å². The molecule has 0 saturated heterocycles. The molecule has 3 aliphatic rings. The molecule has 5 atom stereocenters. The van der Waals surface area contributed by atoms with Crippen LogP contribution in [0.1, 0.15) is 64.4 Å². The molecular weight excluding hydrogens is 396 g/mol. The summed E-state index contributed by atoms with van der Waals surface area (Å²) >= 11 is 0. The quantitative estimate of drug-likeness (QED) is 0.543. The van der Waals surface area contributed by atoms with Crippen molar-refractivity contribution in [2.24, 2.45) is 34.6 Å². The van der Waals surface area contributed by atoms with E-state index in [9.17, 15) is 19.2 Å². The molecule has 5 N–H and O–H groups in total. The molecule has 3 saturated carbocycles. The van der Waals surface area contributed by atoms with Crippen molar-refractivity contribution < 1.29 is 14.4 Å². The fourth-order valence-electron chi connectivity index (χ4n) is 5.62. The minimum absolute atomic E-state index is 0.110. The SMILES string of the molecule is C[C@@H]1[C@H]2C[C@@H](C[C@H]1NC(=O)Cn1cccc(C(CCCC(N)=O)C(N)=O)c1=O)C2(C)C. The van der Waals surface area contributed by atoms with Crippen molar-refractivity contribution in [3.63, 3.8) is 0 Å². The summed E-state index contributed by atoms with van der Waals surface area (Å²) in [5.41, 5.74) is 10.8. The van der Waals surface area contributed by atoms with Gasteiger partial charge in [-0.15, -0.1) is 0 Å². The molecule has 0 aliphatic heterocycles. The van der Waals surface area contributed by atoms with Gasteiger partial charge in [-0.2, -0.15) is 0 Å². The summed E-state index contributed by atoms with van der Waals surface area (Å²) in [4.78, 5) is 48.5. The van der Waals surface area contributed by atoms with E-state index in [1.165, 1.54) is 17.2 Å². The molecule has 0 aromatic carbocycles. The highest BCUT2D eigenvalue weighted by Gasteiger charge is 2.56. The number of nitrogens with two attached hydrogens (primary N) is 2. The highest BCUT2D eigenvalue weighted by molar-refractivity contribution is 5.82. The third kappa shape index (κ3) is 4.67. The van der Waals surface area contributed by atoms with Gasteiger partial charge in [0, 0.05) is 24.2 Å². The van der Waals surface area contributed by atoms with Gasteiger partial charge in [0.05, 0.1) is 5.92 Å². The van der Waals surface area contributed by atoms with E-state index in [2.05, 4.69) is 26.1 Å². The summed E-state index contributed by atoms with van der Waals surface area (Å²) in [6.07, 6.45) is 4.46. The number of pyridine rings is 1. The highest BCUT2D eigenvalue weighted by atomic mass is 16.2. The number of carbonyl (C=O) groups excluding carboxylic acids is 3. The van der Waals surface area contributed by atoms with Crippen LogP contribution in [-0.2, 0) is 20.9 Å². The molecule has 1 heterocycles. The first kappa shape index (κ1) is 23.0. The highest BCUT2D eigenvalue weighted by Crippen LogP contribution is 2.61. The van der Waals surface area contributed by atoms with E-state index >= 15 is 0 Å². The van der Waals surface area contributed by atoms with Crippen LogP contribution >= 0.6 is 0 Å². The Hall–Kier alpha value is -2.64. The van der Waals surface area contributed by atoms with E-state index in [1.807, 2.05) is 0 Å². The number of nitrogens with one attached hydrogen (secondary N) is 1. The lowest BCUT2D eigenvalue weighted by molar-refractivity contribution is -0.134. The molecule has 1 aromatic rings. The number of carbonyl (C=O) groups is 3. The van der Waals surface area contributed by atoms with Crippen molar-refractivity contribution in [1.82, 2.24) is 9.88 Å². The maximum Gasteiger partial charge on any atom is 0.255 e. The van der Waals surface area contributed by atoms with Crippen molar-refractivity contribution in [1.29, 1.82) is 0 Å². The van der Waals surface area contributed by atoms with Crippen LogP contribution in [0, 0.1) is 23.2 Å². The zero-order chi connectivity index (χ0) is 22.9. The third-order valence-electron chi connectivity index (χ3n) is 7.70. The Bertz CT molecular complexity index is 922. The molecule has 8 heteroatoms. The van der Waals surface area contributed by atoms with Crippen LogP contribution in [0.2, 0.25) is 0 Å². The standard InChI is InChI=1S/C23H34N4O4/c1-13-17-10-14(23(17,2)3)11-18(13)26-20(29)12-27-9-5-7-16(22(27)31)15(21(25)30)6-4-8-19(24)28/h5,7,9,13-15,17-18H,4,6,8,10-12H2,1-3H3,(H2,24,28)(H2,25,30)(H,26,29)/t13-,14+,15?,17-,18-/m1/s1.